The number of halogens is 2. The van der Waals surface area contributed by atoms with Crippen LogP contribution in [0.3, 0.4) is 0 Å². The molecule has 0 aliphatic carbocycles. The van der Waals surface area contributed by atoms with E-state index < -0.39 is 0 Å². The van der Waals surface area contributed by atoms with Gasteiger partial charge in [0.2, 0.25) is 5.89 Å². The third kappa shape index (κ3) is 2.39. The first-order valence-corrected chi connectivity index (χ1v) is 5.75. The number of hydrogen-bond acceptors (Lipinski definition) is 2. The highest BCUT2D eigenvalue weighted by Crippen LogP contribution is 2.28. The zero-order valence-electron chi connectivity index (χ0n) is 9.00. The molecular weight excluding hydrogens is 245 g/mol. The fourth-order valence-corrected chi connectivity index (χ4v) is 1.87. The Morgan fingerprint density at radius 1 is 1.31 bits per heavy atom. The molecule has 1 heterocycles. The average molecular weight is 256 g/mol. The van der Waals surface area contributed by atoms with Gasteiger partial charge in [0, 0.05) is 10.6 Å². The van der Waals surface area contributed by atoms with Crippen molar-refractivity contribution in [2.24, 2.45) is 0 Å². The van der Waals surface area contributed by atoms with Crippen LogP contribution in [0.1, 0.15) is 23.8 Å². The van der Waals surface area contributed by atoms with E-state index in [2.05, 4.69) is 4.98 Å². The predicted octanol–water partition coefficient (Wildman–Crippen LogP) is 4.60. The van der Waals surface area contributed by atoms with Gasteiger partial charge in [-0.15, -0.1) is 11.6 Å². The lowest BCUT2D eigenvalue weighted by Crippen LogP contribution is -1.81. The molecule has 0 bridgehead atoms. The second-order valence-electron chi connectivity index (χ2n) is 3.70. The van der Waals surface area contributed by atoms with E-state index in [1.165, 1.54) is 0 Å². The quantitative estimate of drug-likeness (QED) is 0.733. The van der Waals surface area contributed by atoms with Gasteiger partial charge >= 0.3 is 0 Å². The van der Waals surface area contributed by atoms with Gasteiger partial charge in [0.05, 0.1) is 6.20 Å². The zero-order chi connectivity index (χ0) is 11.7. The second-order valence-corrected chi connectivity index (χ2v) is 4.79. The molecule has 0 radical (unpaired) electrons. The molecule has 0 aliphatic rings. The molecule has 1 aromatic carbocycles. The van der Waals surface area contributed by atoms with Gasteiger partial charge in [0.1, 0.15) is 5.38 Å². The van der Waals surface area contributed by atoms with E-state index in [1.807, 2.05) is 32.0 Å². The lowest BCUT2D eigenvalue weighted by atomic mass is 10.1. The van der Waals surface area contributed by atoms with Crippen LogP contribution in [0.25, 0.3) is 11.3 Å². The maximum absolute atomic E-state index is 5.98. The fourth-order valence-electron chi connectivity index (χ4n) is 1.48. The molecule has 1 aromatic heterocycles. The predicted molar refractivity (Wildman–Crippen MR) is 66.0 cm³/mol. The fraction of sp³-hybridized carbons (Fsp3) is 0.250. The topological polar surface area (TPSA) is 26.0 Å². The molecule has 2 aromatic rings. The van der Waals surface area contributed by atoms with Crippen LogP contribution in [0.4, 0.5) is 0 Å². The average Bonchev–Trinajstić information content (AvgIpc) is 2.64. The molecule has 1 unspecified atom stereocenters. The maximum Gasteiger partial charge on any atom is 0.212 e. The molecule has 2 rings (SSSR count). The van der Waals surface area contributed by atoms with Gasteiger partial charge in [-0.1, -0.05) is 11.6 Å². The molecule has 0 saturated carbocycles. The van der Waals surface area contributed by atoms with Crippen LogP contribution in [-0.4, -0.2) is 4.98 Å². The SMILES string of the molecule is Cc1cc(Cl)cc(-c2cnc(C(C)Cl)o2)c1. The lowest BCUT2D eigenvalue weighted by molar-refractivity contribution is 0.508. The minimum atomic E-state index is -0.228. The van der Waals surface area contributed by atoms with Crippen molar-refractivity contribution in [3.63, 3.8) is 0 Å². The van der Waals surface area contributed by atoms with E-state index in [0.717, 1.165) is 11.1 Å². The summed E-state index contributed by atoms with van der Waals surface area (Å²) in [5.41, 5.74) is 2.00. The third-order valence-corrected chi connectivity index (χ3v) is 2.60. The Morgan fingerprint density at radius 2 is 2.06 bits per heavy atom. The summed E-state index contributed by atoms with van der Waals surface area (Å²) < 4.78 is 5.54. The van der Waals surface area contributed by atoms with E-state index in [9.17, 15) is 0 Å². The van der Waals surface area contributed by atoms with E-state index in [1.54, 1.807) is 6.20 Å². The summed E-state index contributed by atoms with van der Waals surface area (Å²) in [6.07, 6.45) is 1.67. The van der Waals surface area contributed by atoms with Crippen molar-refractivity contribution >= 4 is 23.2 Å². The molecule has 0 saturated heterocycles. The van der Waals surface area contributed by atoms with Crippen LogP contribution in [0.15, 0.2) is 28.8 Å². The van der Waals surface area contributed by atoms with Gasteiger partial charge in [0.15, 0.2) is 5.76 Å². The summed E-state index contributed by atoms with van der Waals surface area (Å²) in [6, 6.07) is 5.74. The Balaban J connectivity index is 2.42. The first-order chi connectivity index (χ1) is 7.56. The smallest absolute Gasteiger partial charge is 0.212 e. The van der Waals surface area contributed by atoms with Crippen LogP contribution < -0.4 is 0 Å². The molecule has 0 fully saturated rings. The van der Waals surface area contributed by atoms with Crippen LogP contribution in [-0.2, 0) is 0 Å². The standard InChI is InChI=1S/C12H11Cl2NO/c1-7-3-9(5-10(14)4-7)11-6-15-12(16-11)8(2)13/h3-6,8H,1-2H3. The molecule has 0 N–H and O–H groups in total. The molecular formula is C12H11Cl2NO. The number of aryl methyl sites for hydroxylation is 1. The Morgan fingerprint density at radius 3 is 2.62 bits per heavy atom. The highest BCUT2D eigenvalue weighted by Gasteiger charge is 2.11. The van der Waals surface area contributed by atoms with Gasteiger partial charge < -0.3 is 4.42 Å². The van der Waals surface area contributed by atoms with E-state index in [-0.39, 0.29) is 5.38 Å². The number of benzene rings is 1. The Kier molecular flexibility index (Phi) is 3.22. The number of alkyl halides is 1. The van der Waals surface area contributed by atoms with E-state index in [0.29, 0.717) is 16.7 Å². The van der Waals surface area contributed by atoms with Crippen LogP contribution >= 0.6 is 23.2 Å². The number of oxazole rings is 1. The number of aromatic nitrogens is 1. The molecule has 0 spiro atoms. The summed E-state index contributed by atoms with van der Waals surface area (Å²) in [4.78, 5) is 4.11. The number of hydrogen-bond donors (Lipinski definition) is 0. The zero-order valence-corrected chi connectivity index (χ0v) is 10.5. The molecule has 4 heteroatoms. The molecule has 16 heavy (non-hydrogen) atoms. The van der Waals surface area contributed by atoms with Crippen molar-refractivity contribution in [1.29, 1.82) is 0 Å². The van der Waals surface area contributed by atoms with Crippen molar-refractivity contribution in [3.05, 3.63) is 40.9 Å². The summed E-state index contributed by atoms with van der Waals surface area (Å²) in [5.74, 6) is 1.21. The summed E-state index contributed by atoms with van der Waals surface area (Å²) in [5, 5.41) is 0.459. The van der Waals surface area contributed by atoms with Crippen molar-refractivity contribution < 1.29 is 4.42 Å². The van der Waals surface area contributed by atoms with Crippen LogP contribution in [0, 0.1) is 6.92 Å². The molecule has 84 valence electrons. The first kappa shape index (κ1) is 11.5. The summed E-state index contributed by atoms with van der Waals surface area (Å²) in [7, 11) is 0. The first-order valence-electron chi connectivity index (χ1n) is 4.93. The normalized spacial score (nSPS) is 12.8. The number of nitrogens with zero attached hydrogens (tertiary/aromatic N) is 1. The lowest BCUT2D eigenvalue weighted by Gasteiger charge is -2.00. The Hall–Kier alpha value is -0.990. The summed E-state index contributed by atoms with van der Waals surface area (Å²) >= 11 is 11.9. The van der Waals surface area contributed by atoms with Gasteiger partial charge in [0.25, 0.3) is 0 Å². The van der Waals surface area contributed by atoms with Gasteiger partial charge in [-0.3, -0.25) is 0 Å². The Labute approximate surface area is 104 Å². The molecule has 1 atom stereocenters. The number of rotatable bonds is 2. The van der Waals surface area contributed by atoms with Crippen LogP contribution in [0.2, 0.25) is 5.02 Å². The van der Waals surface area contributed by atoms with Crippen molar-refractivity contribution in [3.8, 4) is 11.3 Å². The largest absolute Gasteiger partial charge is 0.439 e. The van der Waals surface area contributed by atoms with Gasteiger partial charge in [-0.25, -0.2) is 4.98 Å². The van der Waals surface area contributed by atoms with E-state index in [4.69, 9.17) is 27.6 Å². The maximum atomic E-state index is 5.98. The van der Waals surface area contributed by atoms with Gasteiger partial charge in [-0.05, 0) is 37.6 Å². The third-order valence-electron chi connectivity index (χ3n) is 2.19. The van der Waals surface area contributed by atoms with Crippen molar-refractivity contribution in [1.82, 2.24) is 4.98 Å². The molecule has 0 aliphatic heterocycles. The molecule has 0 amide bonds. The highest BCUT2D eigenvalue weighted by atomic mass is 35.5. The minimum Gasteiger partial charge on any atom is -0.439 e. The van der Waals surface area contributed by atoms with Crippen molar-refractivity contribution in [2.45, 2.75) is 19.2 Å². The van der Waals surface area contributed by atoms with E-state index >= 15 is 0 Å². The van der Waals surface area contributed by atoms with Crippen LogP contribution in [0.5, 0.6) is 0 Å². The monoisotopic (exact) mass is 255 g/mol. The second kappa shape index (κ2) is 4.48. The summed E-state index contributed by atoms with van der Waals surface area (Å²) in [6.45, 7) is 3.80. The Bertz CT molecular complexity index is 485. The van der Waals surface area contributed by atoms with Crippen molar-refractivity contribution in [2.75, 3.05) is 0 Å². The molecule has 2 nitrogen and oxygen atoms in total. The highest BCUT2D eigenvalue weighted by molar-refractivity contribution is 6.30. The minimum absolute atomic E-state index is 0.228. The van der Waals surface area contributed by atoms with Gasteiger partial charge in [-0.2, -0.15) is 0 Å².